The molecule has 0 aromatic heterocycles. The lowest BCUT2D eigenvalue weighted by molar-refractivity contribution is -0.127. The highest BCUT2D eigenvalue weighted by Gasteiger charge is 2.49. The van der Waals surface area contributed by atoms with Crippen molar-refractivity contribution in [3.05, 3.63) is 76.8 Å². The van der Waals surface area contributed by atoms with Crippen LogP contribution in [0, 0.1) is 0 Å². The molecule has 2 saturated heterocycles. The monoisotopic (exact) mass is 492 g/mol. The molecule has 182 valence electrons. The van der Waals surface area contributed by atoms with Gasteiger partial charge in [-0.25, -0.2) is 9.79 Å². The first-order valence-electron chi connectivity index (χ1n) is 11.9. The van der Waals surface area contributed by atoms with Crippen LogP contribution in [0.4, 0.5) is 4.79 Å². The fourth-order valence-electron chi connectivity index (χ4n) is 4.81. The van der Waals surface area contributed by atoms with Crippen LogP contribution in [0.25, 0.3) is 6.08 Å². The van der Waals surface area contributed by atoms with Crippen molar-refractivity contribution in [1.29, 1.82) is 0 Å². The smallest absolute Gasteiger partial charge is 0.325 e. The maximum absolute atomic E-state index is 12.9. The summed E-state index contributed by atoms with van der Waals surface area (Å²) in [6.45, 7) is 4.59. The Morgan fingerprint density at radius 2 is 1.74 bits per heavy atom. The number of nitrogens with one attached hydrogen (secondary N) is 1. The average molecular weight is 493 g/mol. The zero-order valence-electron chi connectivity index (χ0n) is 19.7. The number of aliphatic imine (C=N–C) groups is 1. The number of rotatable bonds is 5. The number of amides is 3. The Morgan fingerprint density at radius 3 is 2.49 bits per heavy atom. The summed E-state index contributed by atoms with van der Waals surface area (Å²) in [4.78, 5) is 38.1. The summed E-state index contributed by atoms with van der Waals surface area (Å²) in [7, 11) is 1.69. The largest absolute Gasteiger partial charge is 0.340 e. The van der Waals surface area contributed by atoms with E-state index in [-0.39, 0.29) is 5.91 Å². The summed E-state index contributed by atoms with van der Waals surface area (Å²) in [5.41, 5.74) is 2.21. The van der Waals surface area contributed by atoms with E-state index in [9.17, 15) is 9.59 Å². The third kappa shape index (κ3) is 4.90. The molecule has 0 saturated carbocycles. The standard InChI is InChI=1S/C26H29ClN6O2/c1-30-23-22(24(34)29-26(30)35)33(13-7-10-19-8-3-2-4-9-19)25(28-23)32-16-14-31(15-17-32)18-20-11-5-6-12-21(20)27/h2-12,22-23H,13-18H2,1H3,(H,29,34,35)/b10-7+. The van der Waals surface area contributed by atoms with Gasteiger partial charge in [0.25, 0.3) is 5.91 Å². The van der Waals surface area contributed by atoms with Gasteiger partial charge in [-0.1, -0.05) is 72.3 Å². The Labute approximate surface area is 210 Å². The van der Waals surface area contributed by atoms with E-state index < -0.39 is 18.2 Å². The highest BCUT2D eigenvalue weighted by molar-refractivity contribution is 6.31. The maximum Gasteiger partial charge on any atom is 0.325 e. The first kappa shape index (κ1) is 23.4. The number of fused-ring (bicyclic) bond motifs is 1. The van der Waals surface area contributed by atoms with Gasteiger partial charge in [0.15, 0.2) is 18.2 Å². The summed E-state index contributed by atoms with van der Waals surface area (Å²) in [5.74, 6) is 0.467. The fraction of sp³-hybridized carbons (Fsp3) is 0.346. The summed E-state index contributed by atoms with van der Waals surface area (Å²) < 4.78 is 0. The predicted octanol–water partition coefficient (Wildman–Crippen LogP) is 2.72. The molecule has 3 aliphatic rings. The van der Waals surface area contributed by atoms with Crippen molar-refractivity contribution < 1.29 is 9.59 Å². The summed E-state index contributed by atoms with van der Waals surface area (Å²) in [6.07, 6.45) is 3.56. The van der Waals surface area contributed by atoms with E-state index >= 15 is 0 Å². The summed E-state index contributed by atoms with van der Waals surface area (Å²) >= 11 is 6.36. The van der Waals surface area contributed by atoms with Gasteiger partial charge in [-0.2, -0.15) is 0 Å². The van der Waals surface area contributed by atoms with E-state index in [4.69, 9.17) is 16.6 Å². The molecular weight excluding hydrogens is 464 g/mol. The summed E-state index contributed by atoms with van der Waals surface area (Å²) in [5, 5.41) is 3.26. The Balaban J connectivity index is 1.31. The normalized spacial score (nSPS) is 23.0. The molecule has 2 aromatic carbocycles. The maximum atomic E-state index is 12.9. The first-order valence-corrected chi connectivity index (χ1v) is 12.2. The number of likely N-dealkylation sites (N-methyl/N-ethyl adjacent to an activating group) is 1. The molecule has 2 unspecified atom stereocenters. The van der Waals surface area contributed by atoms with Crippen molar-refractivity contribution in [2.45, 2.75) is 18.8 Å². The molecule has 1 N–H and O–H groups in total. The molecule has 3 aliphatic heterocycles. The molecule has 0 bridgehead atoms. The van der Waals surface area contributed by atoms with E-state index in [1.54, 1.807) is 7.05 Å². The number of piperazine rings is 1. The van der Waals surface area contributed by atoms with E-state index in [1.165, 1.54) is 4.90 Å². The topological polar surface area (TPSA) is 71.5 Å². The number of imide groups is 1. The molecule has 3 amide bonds. The van der Waals surface area contributed by atoms with Crippen molar-refractivity contribution in [2.75, 3.05) is 39.8 Å². The molecule has 2 atom stereocenters. The average Bonchev–Trinajstić information content (AvgIpc) is 3.25. The van der Waals surface area contributed by atoms with Gasteiger partial charge < -0.3 is 14.7 Å². The number of benzene rings is 2. The SMILES string of the molecule is CN1C(=O)NC(=O)C2C1N=C(N1CCN(Cc3ccccc3Cl)CC1)N2C/C=C/c1ccccc1. The molecule has 0 radical (unpaired) electrons. The molecule has 2 fully saturated rings. The number of hydrogen-bond donors (Lipinski definition) is 1. The van der Waals surface area contributed by atoms with Gasteiger partial charge in [0.2, 0.25) is 0 Å². The van der Waals surface area contributed by atoms with E-state index in [2.05, 4.69) is 21.2 Å². The first-order chi connectivity index (χ1) is 17.0. The van der Waals surface area contributed by atoms with Gasteiger partial charge in [0.1, 0.15) is 0 Å². The Bertz CT molecular complexity index is 1150. The van der Waals surface area contributed by atoms with Gasteiger partial charge in [0.05, 0.1) is 0 Å². The lowest BCUT2D eigenvalue weighted by Crippen LogP contribution is -2.64. The number of carbonyl (C=O) groups excluding carboxylic acids is 2. The van der Waals surface area contributed by atoms with Crippen LogP contribution in [0.2, 0.25) is 5.02 Å². The number of carbonyl (C=O) groups is 2. The third-order valence-corrected chi connectivity index (χ3v) is 7.13. The van der Waals surface area contributed by atoms with Crippen molar-refractivity contribution in [1.82, 2.24) is 24.9 Å². The number of guanidine groups is 1. The van der Waals surface area contributed by atoms with E-state index in [0.29, 0.717) is 6.54 Å². The van der Waals surface area contributed by atoms with Gasteiger partial charge in [0, 0.05) is 51.3 Å². The van der Waals surface area contributed by atoms with Crippen molar-refractivity contribution in [3.63, 3.8) is 0 Å². The number of urea groups is 1. The fourth-order valence-corrected chi connectivity index (χ4v) is 5.01. The van der Waals surface area contributed by atoms with Crippen LogP contribution in [-0.4, -0.2) is 89.5 Å². The molecule has 8 nitrogen and oxygen atoms in total. The van der Waals surface area contributed by atoms with Crippen molar-refractivity contribution in [2.24, 2.45) is 4.99 Å². The number of halogens is 1. The number of hydrogen-bond acceptors (Lipinski definition) is 6. The van der Waals surface area contributed by atoms with Crippen LogP contribution >= 0.6 is 11.6 Å². The van der Waals surface area contributed by atoms with Crippen LogP contribution in [-0.2, 0) is 11.3 Å². The van der Waals surface area contributed by atoms with Crippen LogP contribution in [0.3, 0.4) is 0 Å². The second-order valence-corrected chi connectivity index (χ2v) is 9.42. The molecular formula is C26H29ClN6O2. The Morgan fingerprint density at radius 1 is 1.03 bits per heavy atom. The second-order valence-electron chi connectivity index (χ2n) is 9.01. The van der Waals surface area contributed by atoms with Crippen LogP contribution < -0.4 is 5.32 Å². The summed E-state index contributed by atoms with van der Waals surface area (Å²) in [6, 6.07) is 17.0. The van der Waals surface area contributed by atoms with Crippen molar-refractivity contribution in [3.8, 4) is 0 Å². The minimum Gasteiger partial charge on any atom is -0.340 e. The molecule has 35 heavy (non-hydrogen) atoms. The van der Waals surface area contributed by atoms with Gasteiger partial charge in [-0.05, 0) is 17.2 Å². The van der Waals surface area contributed by atoms with Gasteiger partial charge in [-0.3, -0.25) is 15.0 Å². The highest BCUT2D eigenvalue weighted by Crippen LogP contribution is 2.26. The van der Waals surface area contributed by atoms with Crippen molar-refractivity contribution >= 4 is 35.6 Å². The third-order valence-electron chi connectivity index (χ3n) is 6.76. The lowest BCUT2D eigenvalue weighted by atomic mass is 10.1. The van der Waals surface area contributed by atoms with Crippen LogP contribution in [0.5, 0.6) is 0 Å². The van der Waals surface area contributed by atoms with E-state index in [1.807, 2.05) is 65.6 Å². The molecule has 3 heterocycles. The zero-order valence-corrected chi connectivity index (χ0v) is 20.4. The number of nitrogens with zero attached hydrogens (tertiary/aromatic N) is 5. The predicted molar refractivity (Wildman–Crippen MR) is 137 cm³/mol. The van der Waals surface area contributed by atoms with Gasteiger partial charge >= 0.3 is 6.03 Å². The van der Waals surface area contributed by atoms with Crippen LogP contribution in [0.15, 0.2) is 65.7 Å². The van der Waals surface area contributed by atoms with Gasteiger partial charge in [-0.15, -0.1) is 0 Å². The molecule has 0 spiro atoms. The molecule has 5 rings (SSSR count). The van der Waals surface area contributed by atoms with Crippen LogP contribution in [0.1, 0.15) is 11.1 Å². The second kappa shape index (κ2) is 10.1. The Kier molecular flexibility index (Phi) is 6.74. The zero-order chi connectivity index (χ0) is 24.4. The molecule has 9 heteroatoms. The molecule has 0 aliphatic carbocycles. The van der Waals surface area contributed by atoms with E-state index in [0.717, 1.165) is 54.8 Å². The minimum absolute atomic E-state index is 0.303. The Hall–Kier alpha value is -3.36. The minimum atomic E-state index is -0.547. The highest BCUT2D eigenvalue weighted by atomic mass is 35.5. The molecule has 2 aromatic rings. The lowest BCUT2D eigenvalue weighted by Gasteiger charge is -2.40. The quantitative estimate of drug-likeness (QED) is 0.695.